The molecule has 3 rings (SSSR count). The van der Waals surface area contributed by atoms with Crippen LogP contribution in [0.3, 0.4) is 0 Å². The van der Waals surface area contributed by atoms with Gasteiger partial charge >= 0.3 is 0 Å². The van der Waals surface area contributed by atoms with Crippen LogP contribution in [0, 0.1) is 5.92 Å². The summed E-state index contributed by atoms with van der Waals surface area (Å²) in [7, 11) is 2.01. The van der Waals surface area contributed by atoms with Crippen molar-refractivity contribution in [3.63, 3.8) is 0 Å². The van der Waals surface area contributed by atoms with E-state index in [0.29, 0.717) is 11.2 Å². The first kappa shape index (κ1) is 12.1. The van der Waals surface area contributed by atoms with Crippen LogP contribution in [0.15, 0.2) is 11.4 Å². The molecule has 1 saturated carbocycles. The van der Waals surface area contributed by atoms with Gasteiger partial charge in [-0.15, -0.1) is 11.3 Å². The summed E-state index contributed by atoms with van der Waals surface area (Å²) in [6.45, 7) is 0.898. The molecular weight excluding hydrogens is 270 g/mol. The zero-order valence-corrected chi connectivity index (χ0v) is 11.6. The maximum Gasteiger partial charge on any atom is 0.225 e. The highest BCUT2D eigenvalue weighted by Crippen LogP contribution is 2.32. The molecule has 0 saturated heterocycles. The van der Waals surface area contributed by atoms with Crippen molar-refractivity contribution in [2.75, 3.05) is 18.5 Å². The van der Waals surface area contributed by atoms with Gasteiger partial charge in [0.05, 0.1) is 11.5 Å². The zero-order valence-electron chi connectivity index (χ0n) is 10.0. The first-order valence-corrected chi connectivity index (χ1v) is 7.19. The van der Waals surface area contributed by atoms with Gasteiger partial charge in [0, 0.05) is 13.6 Å². The molecule has 1 N–H and O–H groups in total. The molecule has 1 fully saturated rings. The van der Waals surface area contributed by atoms with Crippen molar-refractivity contribution >= 4 is 39.0 Å². The normalized spacial score (nSPS) is 23.1. The Morgan fingerprint density at radius 3 is 3.00 bits per heavy atom. The van der Waals surface area contributed by atoms with Crippen LogP contribution in [-0.4, -0.2) is 34.8 Å². The van der Waals surface area contributed by atoms with Crippen molar-refractivity contribution in [3.05, 3.63) is 16.7 Å². The summed E-state index contributed by atoms with van der Waals surface area (Å²) in [4.78, 5) is 11.6. The lowest BCUT2D eigenvalue weighted by Crippen LogP contribution is -2.37. The lowest BCUT2D eigenvalue weighted by atomic mass is 9.82. The highest BCUT2D eigenvalue weighted by atomic mass is 35.5. The third-order valence-corrected chi connectivity index (χ3v) is 4.36. The Kier molecular flexibility index (Phi) is 3.13. The second-order valence-corrected chi connectivity index (χ2v) is 6.06. The number of hydrogen-bond donors (Lipinski definition) is 1. The SMILES string of the molecule is CN(CC1CC(O)C1)c1nc(Cl)nc2sccc12. The second-order valence-electron chi connectivity index (χ2n) is 4.83. The minimum absolute atomic E-state index is 0.112. The Hall–Kier alpha value is -0.910. The number of thiophene rings is 1. The van der Waals surface area contributed by atoms with E-state index < -0.39 is 0 Å². The number of fused-ring (bicyclic) bond motifs is 1. The summed E-state index contributed by atoms with van der Waals surface area (Å²) in [5, 5.41) is 12.7. The molecule has 2 aromatic rings. The van der Waals surface area contributed by atoms with E-state index in [1.807, 2.05) is 18.5 Å². The Bertz CT molecular complexity index is 567. The fraction of sp³-hybridized carbons (Fsp3) is 0.500. The van der Waals surface area contributed by atoms with Gasteiger partial charge in [-0.2, -0.15) is 4.98 Å². The van der Waals surface area contributed by atoms with Crippen LogP contribution >= 0.6 is 22.9 Å². The van der Waals surface area contributed by atoms with E-state index >= 15 is 0 Å². The Morgan fingerprint density at radius 2 is 2.28 bits per heavy atom. The van der Waals surface area contributed by atoms with Crippen LogP contribution < -0.4 is 4.90 Å². The van der Waals surface area contributed by atoms with Gasteiger partial charge in [0.1, 0.15) is 10.6 Å². The number of rotatable bonds is 3. The van der Waals surface area contributed by atoms with Crippen molar-refractivity contribution in [1.82, 2.24) is 9.97 Å². The molecular formula is C12H14ClN3OS. The number of anilines is 1. The molecule has 4 nitrogen and oxygen atoms in total. The minimum Gasteiger partial charge on any atom is -0.393 e. The molecule has 96 valence electrons. The molecule has 0 bridgehead atoms. The predicted octanol–water partition coefficient (Wildman–Crippen LogP) is 2.55. The molecule has 1 aliphatic rings. The maximum atomic E-state index is 9.32. The van der Waals surface area contributed by atoms with E-state index in [1.54, 1.807) is 11.3 Å². The molecule has 0 radical (unpaired) electrons. The van der Waals surface area contributed by atoms with Crippen LogP contribution in [0.5, 0.6) is 0 Å². The van der Waals surface area contributed by atoms with Gasteiger partial charge in [-0.05, 0) is 41.8 Å². The van der Waals surface area contributed by atoms with Gasteiger partial charge in [-0.25, -0.2) is 4.98 Å². The number of halogens is 1. The van der Waals surface area contributed by atoms with Gasteiger partial charge < -0.3 is 10.0 Å². The zero-order chi connectivity index (χ0) is 12.7. The summed E-state index contributed by atoms with van der Waals surface area (Å²) in [5.41, 5.74) is 0. The fourth-order valence-electron chi connectivity index (χ4n) is 2.43. The molecule has 1 aliphatic carbocycles. The van der Waals surface area contributed by atoms with Gasteiger partial charge in [0.15, 0.2) is 0 Å². The van der Waals surface area contributed by atoms with Crippen molar-refractivity contribution in [1.29, 1.82) is 0 Å². The summed E-state index contributed by atoms with van der Waals surface area (Å²) >= 11 is 7.52. The number of aromatic nitrogens is 2. The van der Waals surface area contributed by atoms with Gasteiger partial charge in [0.2, 0.25) is 5.28 Å². The van der Waals surface area contributed by atoms with E-state index in [1.165, 1.54) is 0 Å². The molecule has 2 aromatic heterocycles. The average molecular weight is 284 g/mol. The third-order valence-electron chi connectivity index (χ3n) is 3.38. The maximum absolute atomic E-state index is 9.32. The fourth-order valence-corrected chi connectivity index (χ4v) is 3.40. The molecule has 2 heterocycles. The van der Waals surface area contributed by atoms with E-state index in [0.717, 1.165) is 35.4 Å². The van der Waals surface area contributed by atoms with Crippen LogP contribution in [-0.2, 0) is 0 Å². The Balaban J connectivity index is 1.86. The highest BCUT2D eigenvalue weighted by Gasteiger charge is 2.28. The van der Waals surface area contributed by atoms with E-state index in [-0.39, 0.29) is 6.10 Å². The first-order chi connectivity index (χ1) is 8.63. The molecule has 6 heteroatoms. The smallest absolute Gasteiger partial charge is 0.225 e. The number of aliphatic hydroxyl groups excluding tert-OH is 1. The standard InChI is InChI=1S/C12H14ClN3OS/c1-16(6-7-4-8(17)5-7)10-9-2-3-18-11(9)15-12(13)14-10/h2-3,7-8,17H,4-6H2,1H3. The highest BCUT2D eigenvalue weighted by molar-refractivity contribution is 7.16. The number of nitrogens with zero attached hydrogens (tertiary/aromatic N) is 3. The molecule has 0 aliphatic heterocycles. The second kappa shape index (κ2) is 4.64. The summed E-state index contributed by atoms with van der Waals surface area (Å²) < 4.78 is 0. The molecule has 0 aromatic carbocycles. The first-order valence-electron chi connectivity index (χ1n) is 5.93. The van der Waals surface area contributed by atoms with Crippen molar-refractivity contribution in [2.24, 2.45) is 5.92 Å². The minimum atomic E-state index is -0.112. The lowest BCUT2D eigenvalue weighted by molar-refractivity contribution is 0.0464. The molecule has 18 heavy (non-hydrogen) atoms. The quantitative estimate of drug-likeness (QED) is 0.880. The van der Waals surface area contributed by atoms with Crippen molar-refractivity contribution in [2.45, 2.75) is 18.9 Å². The van der Waals surface area contributed by atoms with Crippen LogP contribution in [0.2, 0.25) is 5.28 Å². The predicted molar refractivity (Wildman–Crippen MR) is 74.4 cm³/mol. The monoisotopic (exact) mass is 283 g/mol. The molecule has 0 atom stereocenters. The van der Waals surface area contributed by atoms with E-state index in [9.17, 15) is 5.11 Å². The van der Waals surface area contributed by atoms with Crippen LogP contribution in [0.1, 0.15) is 12.8 Å². The number of hydrogen-bond acceptors (Lipinski definition) is 5. The Morgan fingerprint density at radius 1 is 1.50 bits per heavy atom. The Labute approximate surface area is 114 Å². The average Bonchev–Trinajstić information content (AvgIpc) is 2.73. The van der Waals surface area contributed by atoms with Crippen molar-refractivity contribution in [3.8, 4) is 0 Å². The molecule has 0 spiro atoms. The van der Waals surface area contributed by atoms with Gasteiger partial charge in [0.25, 0.3) is 0 Å². The van der Waals surface area contributed by atoms with Crippen molar-refractivity contribution < 1.29 is 5.11 Å². The van der Waals surface area contributed by atoms with Gasteiger partial charge in [-0.1, -0.05) is 0 Å². The summed E-state index contributed by atoms with van der Waals surface area (Å²) in [6.07, 6.45) is 1.66. The van der Waals surface area contributed by atoms with E-state index in [2.05, 4.69) is 14.9 Å². The topological polar surface area (TPSA) is 49.2 Å². The summed E-state index contributed by atoms with van der Waals surface area (Å²) in [6, 6.07) is 2.03. The van der Waals surface area contributed by atoms with Gasteiger partial charge in [-0.3, -0.25) is 0 Å². The third kappa shape index (κ3) is 2.18. The lowest BCUT2D eigenvalue weighted by Gasteiger charge is -2.34. The molecule has 0 unspecified atom stereocenters. The van der Waals surface area contributed by atoms with E-state index in [4.69, 9.17) is 11.6 Å². The van der Waals surface area contributed by atoms with Crippen LogP contribution in [0.25, 0.3) is 10.2 Å². The largest absolute Gasteiger partial charge is 0.393 e. The van der Waals surface area contributed by atoms with Crippen LogP contribution in [0.4, 0.5) is 5.82 Å². The molecule has 0 amide bonds. The number of aliphatic hydroxyl groups is 1. The summed E-state index contributed by atoms with van der Waals surface area (Å²) in [5.74, 6) is 1.43.